The van der Waals surface area contributed by atoms with Crippen molar-refractivity contribution in [2.75, 3.05) is 18.4 Å². The van der Waals surface area contributed by atoms with Gasteiger partial charge >= 0.3 is 6.03 Å². The first-order chi connectivity index (χ1) is 9.60. The molecule has 0 aliphatic carbocycles. The van der Waals surface area contributed by atoms with Crippen molar-refractivity contribution in [2.24, 2.45) is 17.4 Å². The number of likely N-dealkylation sites (tertiary alicyclic amines) is 1. The summed E-state index contributed by atoms with van der Waals surface area (Å²) >= 11 is 0. The number of carbonyl (C=O) groups excluding carboxylic acids is 2. The molecule has 2 rings (SSSR count). The van der Waals surface area contributed by atoms with E-state index in [1.54, 1.807) is 4.90 Å². The molecule has 6 nitrogen and oxygen atoms in total. The average Bonchev–Trinajstić information content (AvgIpc) is 2.47. The second-order valence-corrected chi connectivity index (χ2v) is 5.00. The number of nitrogens with two attached hydrogens (primary N) is 2. The maximum atomic E-state index is 12.1. The first-order valence-corrected chi connectivity index (χ1v) is 6.74. The molecule has 20 heavy (non-hydrogen) atoms. The number of rotatable bonds is 3. The maximum absolute atomic E-state index is 12.1. The minimum absolute atomic E-state index is 0.111. The molecule has 0 radical (unpaired) electrons. The van der Waals surface area contributed by atoms with Gasteiger partial charge in [0, 0.05) is 31.2 Å². The second-order valence-electron chi connectivity index (χ2n) is 5.00. The predicted molar refractivity (Wildman–Crippen MR) is 76.8 cm³/mol. The van der Waals surface area contributed by atoms with Gasteiger partial charge in [0.25, 0.3) is 0 Å². The SMILES string of the molecule is NCc1cccc(NC(=O)N2CCC(C(N)=O)CC2)c1. The van der Waals surface area contributed by atoms with Crippen LogP contribution >= 0.6 is 0 Å². The van der Waals surface area contributed by atoms with Gasteiger partial charge in [0.2, 0.25) is 5.91 Å². The van der Waals surface area contributed by atoms with Crippen LogP contribution in [-0.4, -0.2) is 29.9 Å². The van der Waals surface area contributed by atoms with Gasteiger partial charge in [0.1, 0.15) is 0 Å². The molecule has 0 aromatic heterocycles. The zero-order valence-electron chi connectivity index (χ0n) is 11.3. The van der Waals surface area contributed by atoms with E-state index in [1.165, 1.54) is 0 Å². The monoisotopic (exact) mass is 276 g/mol. The van der Waals surface area contributed by atoms with E-state index in [0.717, 1.165) is 11.3 Å². The second kappa shape index (κ2) is 6.38. The Bertz CT molecular complexity index is 496. The predicted octanol–water partition coefficient (Wildman–Crippen LogP) is 0.874. The molecule has 0 atom stereocenters. The van der Waals surface area contributed by atoms with Crippen molar-refractivity contribution >= 4 is 17.6 Å². The molecule has 1 aromatic carbocycles. The molecule has 1 heterocycles. The number of hydrogen-bond donors (Lipinski definition) is 3. The van der Waals surface area contributed by atoms with Gasteiger partial charge in [-0.1, -0.05) is 12.1 Å². The summed E-state index contributed by atoms with van der Waals surface area (Å²) < 4.78 is 0. The fourth-order valence-electron chi connectivity index (χ4n) is 2.35. The number of amides is 3. The summed E-state index contributed by atoms with van der Waals surface area (Å²) in [6.45, 7) is 1.54. The minimum atomic E-state index is -0.277. The largest absolute Gasteiger partial charge is 0.369 e. The summed E-state index contributed by atoms with van der Waals surface area (Å²) in [7, 11) is 0. The van der Waals surface area contributed by atoms with Crippen LogP contribution in [0.3, 0.4) is 0 Å². The van der Waals surface area contributed by atoms with Crippen molar-refractivity contribution in [1.29, 1.82) is 0 Å². The maximum Gasteiger partial charge on any atom is 0.321 e. The molecule has 0 bridgehead atoms. The van der Waals surface area contributed by atoms with E-state index in [9.17, 15) is 9.59 Å². The molecule has 6 heteroatoms. The third-order valence-electron chi connectivity index (χ3n) is 3.60. The first kappa shape index (κ1) is 14.3. The van der Waals surface area contributed by atoms with Crippen molar-refractivity contribution in [1.82, 2.24) is 4.90 Å². The van der Waals surface area contributed by atoms with Crippen LogP contribution < -0.4 is 16.8 Å². The molecule has 3 amide bonds. The molecule has 1 saturated heterocycles. The Morgan fingerprint density at radius 1 is 1.30 bits per heavy atom. The third kappa shape index (κ3) is 3.48. The third-order valence-corrected chi connectivity index (χ3v) is 3.60. The van der Waals surface area contributed by atoms with Gasteiger partial charge in [-0.15, -0.1) is 0 Å². The summed E-state index contributed by atoms with van der Waals surface area (Å²) in [5.74, 6) is -0.389. The summed E-state index contributed by atoms with van der Waals surface area (Å²) in [5, 5.41) is 2.85. The quantitative estimate of drug-likeness (QED) is 0.763. The van der Waals surface area contributed by atoms with Crippen molar-refractivity contribution in [3.63, 3.8) is 0 Å². The molecule has 1 fully saturated rings. The Morgan fingerprint density at radius 3 is 2.60 bits per heavy atom. The zero-order chi connectivity index (χ0) is 14.5. The van der Waals surface area contributed by atoms with Crippen LogP contribution in [0.2, 0.25) is 0 Å². The Balaban J connectivity index is 1.91. The zero-order valence-corrected chi connectivity index (χ0v) is 11.3. The average molecular weight is 276 g/mol. The Kier molecular flexibility index (Phi) is 4.57. The summed E-state index contributed by atoms with van der Waals surface area (Å²) in [4.78, 5) is 24.9. The lowest BCUT2D eigenvalue weighted by molar-refractivity contribution is -0.122. The van der Waals surface area contributed by atoms with Gasteiger partial charge < -0.3 is 21.7 Å². The van der Waals surface area contributed by atoms with E-state index in [0.29, 0.717) is 32.5 Å². The number of hydrogen-bond acceptors (Lipinski definition) is 3. The summed E-state index contributed by atoms with van der Waals surface area (Å²) in [6.07, 6.45) is 1.26. The van der Waals surface area contributed by atoms with Gasteiger partial charge in [0.15, 0.2) is 0 Å². The molecule has 108 valence electrons. The highest BCUT2D eigenvalue weighted by Crippen LogP contribution is 2.18. The van der Waals surface area contributed by atoms with Crippen LogP contribution in [0.15, 0.2) is 24.3 Å². The van der Waals surface area contributed by atoms with E-state index in [1.807, 2.05) is 24.3 Å². The van der Waals surface area contributed by atoms with Crippen molar-refractivity contribution in [2.45, 2.75) is 19.4 Å². The summed E-state index contributed by atoms with van der Waals surface area (Å²) in [6, 6.07) is 7.30. The van der Waals surface area contributed by atoms with Gasteiger partial charge in [0.05, 0.1) is 0 Å². The van der Waals surface area contributed by atoms with Gasteiger partial charge in [-0.3, -0.25) is 4.79 Å². The molecule has 1 aliphatic rings. The summed E-state index contributed by atoms with van der Waals surface area (Å²) in [5.41, 5.74) is 12.5. The Labute approximate surface area is 118 Å². The molecule has 0 unspecified atom stereocenters. The lowest BCUT2D eigenvalue weighted by atomic mass is 9.96. The number of urea groups is 1. The number of primary amides is 1. The van der Waals surface area contributed by atoms with Gasteiger partial charge in [-0.05, 0) is 30.5 Å². The topological polar surface area (TPSA) is 101 Å². The lowest BCUT2D eigenvalue weighted by Gasteiger charge is -2.30. The van der Waals surface area contributed by atoms with E-state index in [-0.39, 0.29) is 17.9 Å². The van der Waals surface area contributed by atoms with Crippen molar-refractivity contribution in [3.05, 3.63) is 29.8 Å². The number of carbonyl (C=O) groups is 2. The number of nitrogens with zero attached hydrogens (tertiary/aromatic N) is 1. The van der Waals surface area contributed by atoms with E-state index < -0.39 is 0 Å². The molecule has 1 aromatic rings. The molecule has 0 spiro atoms. The molecule has 1 aliphatic heterocycles. The number of piperidine rings is 1. The fraction of sp³-hybridized carbons (Fsp3) is 0.429. The van der Waals surface area contributed by atoms with Crippen LogP contribution in [0, 0.1) is 5.92 Å². The Morgan fingerprint density at radius 2 is 2.00 bits per heavy atom. The van der Waals surface area contributed by atoms with Gasteiger partial charge in [-0.25, -0.2) is 4.79 Å². The number of benzene rings is 1. The molecule has 0 saturated carbocycles. The number of nitrogens with one attached hydrogen (secondary N) is 1. The standard InChI is InChI=1S/C14H20N4O2/c15-9-10-2-1-3-12(8-10)17-14(20)18-6-4-11(5-7-18)13(16)19/h1-3,8,11H,4-7,9,15H2,(H2,16,19)(H,17,20). The first-order valence-electron chi connectivity index (χ1n) is 6.74. The molecule has 5 N–H and O–H groups in total. The van der Waals surface area contributed by atoms with Crippen LogP contribution in [0.25, 0.3) is 0 Å². The van der Waals surface area contributed by atoms with E-state index in [4.69, 9.17) is 11.5 Å². The normalized spacial score (nSPS) is 15.9. The lowest BCUT2D eigenvalue weighted by Crippen LogP contribution is -2.43. The number of anilines is 1. The highest BCUT2D eigenvalue weighted by atomic mass is 16.2. The van der Waals surface area contributed by atoms with Crippen LogP contribution in [-0.2, 0) is 11.3 Å². The van der Waals surface area contributed by atoms with E-state index >= 15 is 0 Å². The van der Waals surface area contributed by atoms with Crippen LogP contribution in [0.1, 0.15) is 18.4 Å². The van der Waals surface area contributed by atoms with Crippen molar-refractivity contribution in [3.8, 4) is 0 Å². The molecular formula is C14H20N4O2. The smallest absolute Gasteiger partial charge is 0.321 e. The van der Waals surface area contributed by atoms with Crippen LogP contribution in [0.4, 0.5) is 10.5 Å². The fourth-order valence-corrected chi connectivity index (χ4v) is 2.35. The highest BCUT2D eigenvalue weighted by Gasteiger charge is 2.25. The highest BCUT2D eigenvalue weighted by molar-refractivity contribution is 5.89. The van der Waals surface area contributed by atoms with Crippen LogP contribution in [0.5, 0.6) is 0 Å². The van der Waals surface area contributed by atoms with Crippen molar-refractivity contribution < 1.29 is 9.59 Å². The molecular weight excluding hydrogens is 256 g/mol. The van der Waals surface area contributed by atoms with Gasteiger partial charge in [-0.2, -0.15) is 0 Å². The van der Waals surface area contributed by atoms with E-state index in [2.05, 4.69) is 5.32 Å². The Hall–Kier alpha value is -2.08. The minimum Gasteiger partial charge on any atom is -0.369 e.